The van der Waals surface area contributed by atoms with Crippen molar-refractivity contribution in [3.63, 3.8) is 0 Å². The zero-order valence-corrected chi connectivity index (χ0v) is 21.2. The van der Waals surface area contributed by atoms with E-state index >= 15 is 0 Å². The molecule has 4 aromatic rings. The fraction of sp³-hybridized carbons (Fsp3) is 0.318. The number of hydrogen-bond donors (Lipinski definition) is 2. The number of hydrogen-bond acceptors (Lipinski definition) is 8. The van der Waals surface area contributed by atoms with Gasteiger partial charge in [-0.15, -0.1) is 11.3 Å². The van der Waals surface area contributed by atoms with Gasteiger partial charge in [0.05, 0.1) is 16.8 Å². The molecule has 0 aliphatic heterocycles. The maximum atomic E-state index is 13.7. The smallest absolute Gasteiger partial charge is 0.312 e. The molecule has 12 nitrogen and oxygen atoms in total. The second-order valence-corrected chi connectivity index (χ2v) is 9.40. The van der Waals surface area contributed by atoms with E-state index in [2.05, 4.69) is 20.5 Å². The number of fused-ring (bicyclic) bond motifs is 1. The molecule has 0 aliphatic carbocycles. The van der Waals surface area contributed by atoms with Gasteiger partial charge in [-0.1, -0.05) is 0 Å². The standard InChI is InChI=1S/C22H22F2N8O4S/c1-8-17(32(35)36)10(3)31(29-8)11(4)21(34)28-16-15-12(13-7-26-30(5)9(13)2)6-14(19(23)24)27-22(15)37-18(16)20(25)33/h6-7,11,19H,1-5H3,(H2,25,33)(H,28,34). The Morgan fingerprint density at radius 2 is 1.89 bits per heavy atom. The number of alkyl halides is 2. The molecule has 37 heavy (non-hydrogen) atoms. The number of thiophene rings is 1. The molecule has 3 N–H and O–H groups in total. The van der Waals surface area contributed by atoms with Crippen molar-refractivity contribution in [2.75, 3.05) is 5.32 Å². The molecule has 1 unspecified atom stereocenters. The molecular formula is C22H22F2N8O4S. The third kappa shape index (κ3) is 4.30. The predicted molar refractivity (Wildman–Crippen MR) is 132 cm³/mol. The highest BCUT2D eigenvalue weighted by Crippen LogP contribution is 2.43. The van der Waals surface area contributed by atoms with Crippen molar-refractivity contribution in [1.29, 1.82) is 0 Å². The van der Waals surface area contributed by atoms with Gasteiger partial charge in [0.1, 0.15) is 32.8 Å². The number of primary amides is 1. The first kappa shape index (κ1) is 25.8. The Balaban J connectivity index is 1.90. The summed E-state index contributed by atoms with van der Waals surface area (Å²) >= 11 is 0.776. The first-order valence-electron chi connectivity index (χ1n) is 10.9. The molecule has 15 heteroatoms. The lowest BCUT2D eigenvalue weighted by molar-refractivity contribution is -0.386. The molecule has 194 valence electrons. The Kier molecular flexibility index (Phi) is 6.50. The van der Waals surface area contributed by atoms with Crippen LogP contribution in [-0.2, 0) is 11.8 Å². The molecule has 4 aromatic heterocycles. The summed E-state index contributed by atoms with van der Waals surface area (Å²) in [6.07, 6.45) is -1.40. The van der Waals surface area contributed by atoms with E-state index in [1.807, 2.05) is 0 Å². The lowest BCUT2D eigenvalue weighted by Crippen LogP contribution is -2.26. The number of halogens is 2. The zero-order chi connectivity index (χ0) is 27.3. The number of amides is 2. The lowest BCUT2D eigenvalue weighted by atomic mass is 10.0. The minimum atomic E-state index is -2.89. The Bertz CT molecular complexity index is 1590. The summed E-state index contributed by atoms with van der Waals surface area (Å²) in [5.41, 5.74) is 6.62. The second-order valence-electron chi connectivity index (χ2n) is 8.40. The summed E-state index contributed by atoms with van der Waals surface area (Å²) in [7, 11) is 1.69. The number of carbonyl (C=O) groups is 2. The number of anilines is 1. The van der Waals surface area contributed by atoms with Crippen LogP contribution in [0.15, 0.2) is 12.3 Å². The highest BCUT2D eigenvalue weighted by molar-refractivity contribution is 7.21. The highest BCUT2D eigenvalue weighted by atomic mass is 32.1. The SMILES string of the molecule is Cc1nn(C(C)C(=O)Nc2c(C(N)=O)sc3nc(C(F)F)cc(-c4cnn(C)c4C)c23)c(C)c1[N+](=O)[O-]. The van der Waals surface area contributed by atoms with Crippen LogP contribution in [0.3, 0.4) is 0 Å². The van der Waals surface area contributed by atoms with E-state index in [-0.39, 0.29) is 37.9 Å². The van der Waals surface area contributed by atoms with Gasteiger partial charge in [0.25, 0.3) is 12.3 Å². The van der Waals surface area contributed by atoms with E-state index in [9.17, 15) is 28.5 Å². The number of aryl methyl sites for hydroxylation is 2. The Labute approximate surface area is 212 Å². The fourth-order valence-corrected chi connectivity index (χ4v) is 5.15. The van der Waals surface area contributed by atoms with Crippen molar-refractivity contribution < 1.29 is 23.3 Å². The second kappa shape index (κ2) is 9.31. The average Bonchev–Trinajstić information content (AvgIpc) is 3.45. The minimum absolute atomic E-state index is 0.00644. The summed E-state index contributed by atoms with van der Waals surface area (Å²) in [5, 5.41) is 22.6. The maximum Gasteiger partial charge on any atom is 0.312 e. The van der Waals surface area contributed by atoms with Gasteiger partial charge < -0.3 is 11.1 Å². The van der Waals surface area contributed by atoms with Gasteiger partial charge >= 0.3 is 5.69 Å². The molecule has 0 radical (unpaired) electrons. The van der Waals surface area contributed by atoms with Crippen LogP contribution in [-0.4, -0.2) is 41.3 Å². The summed E-state index contributed by atoms with van der Waals surface area (Å²) in [5.74, 6) is -1.55. The normalized spacial score (nSPS) is 12.3. The van der Waals surface area contributed by atoms with Crippen LogP contribution in [0.5, 0.6) is 0 Å². The van der Waals surface area contributed by atoms with Crippen LogP contribution in [0, 0.1) is 30.9 Å². The van der Waals surface area contributed by atoms with Crippen molar-refractivity contribution in [3.8, 4) is 11.1 Å². The fourth-order valence-electron chi connectivity index (χ4n) is 4.13. The monoisotopic (exact) mass is 532 g/mol. The van der Waals surface area contributed by atoms with Gasteiger partial charge in [-0.3, -0.25) is 29.1 Å². The summed E-state index contributed by atoms with van der Waals surface area (Å²) < 4.78 is 30.2. The van der Waals surface area contributed by atoms with Crippen LogP contribution in [0.2, 0.25) is 0 Å². The number of pyridine rings is 1. The topological polar surface area (TPSA) is 164 Å². The highest BCUT2D eigenvalue weighted by Gasteiger charge is 2.30. The van der Waals surface area contributed by atoms with Crippen molar-refractivity contribution in [1.82, 2.24) is 24.5 Å². The van der Waals surface area contributed by atoms with Crippen LogP contribution >= 0.6 is 11.3 Å². The molecule has 4 rings (SSSR count). The van der Waals surface area contributed by atoms with Gasteiger partial charge in [0.15, 0.2) is 0 Å². The molecule has 0 aliphatic rings. The molecule has 0 saturated carbocycles. The quantitative estimate of drug-likeness (QED) is 0.269. The third-order valence-electron chi connectivity index (χ3n) is 6.12. The van der Waals surface area contributed by atoms with E-state index in [0.29, 0.717) is 16.8 Å². The van der Waals surface area contributed by atoms with Crippen molar-refractivity contribution in [3.05, 3.63) is 50.0 Å². The van der Waals surface area contributed by atoms with Crippen molar-refractivity contribution >= 4 is 44.7 Å². The van der Waals surface area contributed by atoms with Crippen molar-refractivity contribution in [2.45, 2.75) is 40.2 Å². The first-order chi connectivity index (χ1) is 17.3. The molecular weight excluding hydrogens is 510 g/mol. The van der Waals surface area contributed by atoms with Gasteiger partial charge in [-0.2, -0.15) is 10.2 Å². The number of carbonyl (C=O) groups excluding carboxylic acids is 2. The van der Waals surface area contributed by atoms with Crippen LogP contribution in [0.25, 0.3) is 21.3 Å². The van der Waals surface area contributed by atoms with Crippen LogP contribution < -0.4 is 11.1 Å². The largest absolute Gasteiger partial charge is 0.365 e. The summed E-state index contributed by atoms with van der Waals surface area (Å²) in [4.78, 5) is 40.4. The molecule has 0 fully saturated rings. The molecule has 2 amide bonds. The minimum Gasteiger partial charge on any atom is -0.365 e. The number of nitrogens with one attached hydrogen (secondary N) is 1. The molecule has 0 saturated heterocycles. The van der Waals surface area contributed by atoms with Crippen LogP contribution in [0.1, 0.15) is 51.8 Å². The Morgan fingerprint density at radius 1 is 1.22 bits per heavy atom. The van der Waals surface area contributed by atoms with E-state index in [0.717, 1.165) is 11.3 Å². The molecule has 0 spiro atoms. The van der Waals surface area contributed by atoms with E-state index in [1.54, 1.807) is 18.7 Å². The van der Waals surface area contributed by atoms with E-state index in [1.165, 1.54) is 37.7 Å². The van der Waals surface area contributed by atoms with Gasteiger partial charge in [0, 0.05) is 23.7 Å². The Hall–Kier alpha value is -4.27. The van der Waals surface area contributed by atoms with E-state index < -0.39 is 34.9 Å². The molecule has 1 atom stereocenters. The van der Waals surface area contributed by atoms with Gasteiger partial charge in [-0.05, 0) is 39.3 Å². The van der Waals surface area contributed by atoms with Gasteiger partial charge in [-0.25, -0.2) is 13.8 Å². The number of rotatable bonds is 7. The number of aromatic nitrogens is 5. The van der Waals surface area contributed by atoms with E-state index in [4.69, 9.17) is 5.73 Å². The predicted octanol–water partition coefficient (Wildman–Crippen LogP) is 3.96. The molecule has 0 aromatic carbocycles. The van der Waals surface area contributed by atoms with Crippen molar-refractivity contribution in [2.24, 2.45) is 12.8 Å². The number of nitro groups is 1. The average molecular weight is 533 g/mol. The van der Waals surface area contributed by atoms with Gasteiger partial charge in [0.2, 0.25) is 5.91 Å². The molecule has 0 bridgehead atoms. The first-order valence-corrected chi connectivity index (χ1v) is 11.7. The number of nitrogens with two attached hydrogens (primary N) is 1. The summed E-state index contributed by atoms with van der Waals surface area (Å²) in [6.45, 7) is 6.15. The lowest BCUT2D eigenvalue weighted by Gasteiger charge is -2.15. The van der Waals surface area contributed by atoms with Crippen LogP contribution in [0.4, 0.5) is 20.2 Å². The maximum absolute atomic E-state index is 13.7. The molecule has 4 heterocycles. The zero-order valence-electron chi connectivity index (χ0n) is 20.4. The Morgan fingerprint density at radius 3 is 2.41 bits per heavy atom. The third-order valence-corrected chi connectivity index (χ3v) is 7.22. The summed E-state index contributed by atoms with van der Waals surface area (Å²) in [6, 6.07) is 0.165. The number of nitrogens with zero attached hydrogens (tertiary/aromatic N) is 6.